The summed E-state index contributed by atoms with van der Waals surface area (Å²) in [6.07, 6.45) is 57.6. The van der Waals surface area contributed by atoms with Crippen molar-refractivity contribution in [2.45, 2.75) is 346 Å². The minimum Gasteiger partial charge on any atom is -0.469 e. The van der Waals surface area contributed by atoms with Gasteiger partial charge < -0.3 is 43.7 Å². The monoisotopic (exact) mass is 1570 g/mol. The molecule has 2 aliphatic heterocycles. The predicted octanol–water partition coefficient (Wildman–Crippen LogP) is 19.2. The number of carbonyl (C=O) groups is 9. The molecule has 0 spiro atoms. The van der Waals surface area contributed by atoms with Crippen molar-refractivity contribution in [3.05, 3.63) is 71.7 Å². The number of fused-ring (bicyclic) bond motifs is 1. The maximum Gasteiger partial charge on any atom is 0.305 e. The van der Waals surface area contributed by atoms with Gasteiger partial charge in [-0.2, -0.15) is 0 Å². The first kappa shape index (κ1) is 100. The van der Waals surface area contributed by atoms with Gasteiger partial charge >= 0.3 is 23.9 Å². The Morgan fingerprint density at radius 3 is 1.47 bits per heavy atom. The van der Waals surface area contributed by atoms with Crippen molar-refractivity contribution in [3.8, 4) is 0 Å². The molecule has 2 saturated carbocycles. The number of ether oxygens (including phenoxy) is 6. The maximum absolute atomic E-state index is 12.5. The number of methoxy groups -OCH3 is 4. The molecule has 18 nitrogen and oxygen atoms in total. The molecule has 0 bridgehead atoms. The number of aliphatic hydroxyl groups is 3. The number of carbonyl (C=O) groups excluding carboxylic acids is 9. The third-order valence-electron chi connectivity index (χ3n) is 22.3. The fourth-order valence-electron chi connectivity index (χ4n) is 15.6. The highest BCUT2D eigenvalue weighted by Crippen LogP contribution is 2.53. The molecule has 109 heavy (non-hydrogen) atoms. The Hall–Kier alpha value is -4.83. The Kier molecular flexibility index (Phi) is 55.0. The van der Waals surface area contributed by atoms with Crippen molar-refractivity contribution in [1.82, 2.24) is 0 Å². The highest BCUT2D eigenvalue weighted by atomic mass is 32.2. The largest absolute Gasteiger partial charge is 0.469 e. The number of aliphatic hydroxyl groups excluding tert-OH is 2. The fraction of sp³-hybridized carbons (Fsp3) is 0.764. The van der Waals surface area contributed by atoms with E-state index in [2.05, 4.69) is 83.6 Å². The minimum atomic E-state index is -0.616. The van der Waals surface area contributed by atoms with Crippen LogP contribution in [0.5, 0.6) is 0 Å². The Morgan fingerprint density at radius 1 is 0.505 bits per heavy atom. The van der Waals surface area contributed by atoms with E-state index in [4.69, 9.17) is 9.47 Å². The number of ketones is 5. The number of esters is 4. The third kappa shape index (κ3) is 41.2. The van der Waals surface area contributed by atoms with Gasteiger partial charge in [-0.15, -0.1) is 24.4 Å². The van der Waals surface area contributed by atoms with Gasteiger partial charge in [0.25, 0.3) is 0 Å². The Balaban J connectivity index is 0.000000494. The first-order valence-electron chi connectivity index (χ1n) is 41.7. The number of rotatable bonds is 51. The average molecular weight is 1570 g/mol. The van der Waals surface area contributed by atoms with Crippen LogP contribution >= 0.6 is 24.4 Å². The lowest BCUT2D eigenvalue weighted by Crippen LogP contribution is -2.36. The molecule has 0 aromatic heterocycles. The summed E-state index contributed by atoms with van der Waals surface area (Å²) in [5.41, 5.74) is 0. The fourth-order valence-corrected chi connectivity index (χ4v) is 17.9. The van der Waals surface area contributed by atoms with Gasteiger partial charge in [0.15, 0.2) is 17.4 Å². The number of hydrogen-bond donors (Lipinski definition) is 4. The molecule has 622 valence electrons. The molecule has 6 aliphatic rings. The predicted molar refractivity (Wildman–Crippen MR) is 439 cm³/mol. The molecule has 0 aromatic rings. The molecule has 2 heterocycles. The summed E-state index contributed by atoms with van der Waals surface area (Å²) in [7, 11) is 5.60. The van der Waals surface area contributed by atoms with Crippen molar-refractivity contribution in [2.24, 2.45) is 47.3 Å². The van der Waals surface area contributed by atoms with Crippen LogP contribution in [0.2, 0.25) is 0 Å². The van der Waals surface area contributed by atoms with Crippen LogP contribution in [0.15, 0.2) is 71.7 Å². The normalized spacial score (nSPS) is 24.6. The minimum absolute atomic E-state index is 0. The molecular weight excluding hydrogens is 1420 g/mol. The maximum atomic E-state index is 12.5. The van der Waals surface area contributed by atoms with Crippen LogP contribution in [0.25, 0.3) is 0 Å². The molecule has 12 atom stereocenters. The summed E-state index contributed by atoms with van der Waals surface area (Å²) < 4.78 is 30.6. The van der Waals surface area contributed by atoms with E-state index in [0.717, 1.165) is 165 Å². The number of thioether (sulfide) groups is 1. The molecule has 20 heteroatoms. The highest BCUT2D eigenvalue weighted by molar-refractivity contribution is 8.01. The first-order chi connectivity index (χ1) is 52.1. The molecular formula is C89H146O18S2. The molecule has 0 amide bonds. The Morgan fingerprint density at radius 2 is 0.954 bits per heavy atom. The summed E-state index contributed by atoms with van der Waals surface area (Å²) in [4.78, 5) is 105. The van der Waals surface area contributed by atoms with Gasteiger partial charge in [0.05, 0.1) is 53.9 Å². The smallest absolute Gasteiger partial charge is 0.305 e. The highest BCUT2D eigenvalue weighted by Gasteiger charge is 2.49. The Bertz CT molecular complexity index is 2800. The SMILES string of the molecule is C.CCCCCC(=O)CCC1C(S)=CC(=O)[C@@H]1C/C=C\CCCC(=O)OC.CCCCCC(=O)CCC1C=CC(=O)[C@@H]1C/C=C\CCCC(=O)OC.CCCCCC1(O)CC[C@H]2[C@@H](CC(=O)[C@@H]2C/C=C\CCCC(=O)OC)S1.CCCCCCCC1(CCC2[C@H](O)C[C@H](O)[C@@H]2C/C=C\CCCC(=O)OC)OCCO1. The van der Waals surface area contributed by atoms with E-state index in [0.29, 0.717) is 119 Å². The molecule has 0 aromatic carbocycles. The summed E-state index contributed by atoms with van der Waals surface area (Å²) in [6, 6.07) is 0. The number of hydrogen-bond acceptors (Lipinski definition) is 20. The standard InChI is InChI=1S/C25H44O6.C21H34O4S.C21H32O4S.C21H32O4.CH4/c1-3-4-5-8-11-15-25(30-17-18-31-25)16-14-21-20(22(26)19-23(21)27)12-9-6-7-10-13-24(28)29-2;1-3-4-9-13-21(24)14-12-17-16(18(22)15-19(17)26-21)10-7-5-6-8-11-20(23)25-2;1-3-4-7-10-16(22)13-14-18-17(19(23)15-20(18)26)11-8-5-6-9-12-21(24)25-2;1-3-4-7-10-18(22)15-13-17-14-16-20(23)19(17)11-8-5-6-9-12-21(24)25-2;/h6,9,20-23,26-27H,3-5,7-8,10-19H2,1-2H3;5,7,16-17,19,24H,3-4,6,8-15H2,1-2H3;5,8,15,17-18,26H,3-4,6-7,9-14H2,1-2H3;5,8,14,16-17,19H,3-4,6-7,9-13,15H2,1-2H3;1H4/b9-6-;7-5-;2*8-5-;/t20-,21?,22+,23-;16-,17-,19-,21?;17-,18?;17?,19-;/m1111./s1. The summed E-state index contributed by atoms with van der Waals surface area (Å²) in [5, 5.41) is 32.2. The number of unbranched alkanes of at least 4 members (excludes halogenated alkanes) is 14. The van der Waals surface area contributed by atoms with Crippen LogP contribution in [0.4, 0.5) is 0 Å². The molecule has 4 unspecified atom stereocenters. The second-order valence-corrected chi connectivity index (χ2v) is 32.7. The summed E-state index contributed by atoms with van der Waals surface area (Å²) in [6.45, 7) is 9.94. The van der Waals surface area contributed by atoms with E-state index in [1.807, 2.05) is 30.4 Å². The van der Waals surface area contributed by atoms with Crippen molar-refractivity contribution < 1.29 is 86.9 Å². The molecule has 4 fully saturated rings. The molecule has 2 saturated heterocycles. The zero-order chi connectivity index (χ0) is 79.4. The van der Waals surface area contributed by atoms with Gasteiger partial charge in [0.2, 0.25) is 0 Å². The van der Waals surface area contributed by atoms with E-state index in [-0.39, 0.29) is 90.1 Å². The van der Waals surface area contributed by atoms with E-state index in [1.54, 1.807) is 23.9 Å². The van der Waals surface area contributed by atoms with Crippen molar-refractivity contribution in [1.29, 1.82) is 0 Å². The lowest BCUT2D eigenvalue weighted by Gasteiger charge is -2.39. The summed E-state index contributed by atoms with van der Waals surface area (Å²) in [5.74, 6) is 0.747. The van der Waals surface area contributed by atoms with Crippen LogP contribution in [0.3, 0.4) is 0 Å². The molecule has 6 rings (SSSR count). The van der Waals surface area contributed by atoms with Gasteiger partial charge in [-0.25, -0.2) is 0 Å². The Labute approximate surface area is 667 Å². The van der Waals surface area contributed by atoms with E-state index in [9.17, 15) is 58.5 Å². The number of Topliss-reactive ketones (excluding diaryl/α,β-unsaturated/α-hetero) is 3. The lowest BCUT2D eigenvalue weighted by molar-refractivity contribution is -0.171. The number of allylic oxidation sites excluding steroid dienone is 12. The quantitative estimate of drug-likeness (QED) is 0.0145. The molecule has 4 aliphatic carbocycles. The van der Waals surface area contributed by atoms with Gasteiger partial charge in [0.1, 0.15) is 22.3 Å². The first-order valence-corrected chi connectivity index (χ1v) is 43.0. The molecule has 0 radical (unpaired) electrons. The zero-order valence-corrected chi connectivity index (χ0v) is 69.3. The topological polar surface area (TPSA) is 270 Å². The third-order valence-corrected chi connectivity index (χ3v) is 24.4. The molecule has 3 N–H and O–H groups in total. The van der Waals surface area contributed by atoms with Crippen LogP contribution in [0.1, 0.15) is 318 Å². The van der Waals surface area contributed by atoms with Crippen LogP contribution in [-0.4, -0.2) is 138 Å². The second kappa shape index (κ2) is 59.8. The zero-order valence-electron chi connectivity index (χ0n) is 67.5. The van der Waals surface area contributed by atoms with E-state index >= 15 is 0 Å². The van der Waals surface area contributed by atoms with Gasteiger partial charge in [-0.1, -0.05) is 154 Å². The van der Waals surface area contributed by atoms with Crippen molar-refractivity contribution in [3.63, 3.8) is 0 Å². The van der Waals surface area contributed by atoms with Crippen LogP contribution in [-0.2, 0) is 71.6 Å². The van der Waals surface area contributed by atoms with Crippen LogP contribution in [0, 0.1) is 47.3 Å². The van der Waals surface area contributed by atoms with Gasteiger partial charge in [-0.05, 0) is 188 Å². The average Bonchev–Trinajstić information content (AvgIpc) is 1.66. The van der Waals surface area contributed by atoms with E-state index in [1.165, 1.54) is 67.0 Å². The van der Waals surface area contributed by atoms with Crippen molar-refractivity contribution in [2.75, 3.05) is 41.7 Å². The van der Waals surface area contributed by atoms with Crippen molar-refractivity contribution >= 4 is 77.2 Å². The summed E-state index contributed by atoms with van der Waals surface area (Å²) >= 11 is 6.13. The van der Waals surface area contributed by atoms with Crippen LogP contribution < -0.4 is 0 Å². The second-order valence-electron chi connectivity index (χ2n) is 30.5. The number of thiol groups is 1. The van der Waals surface area contributed by atoms with Gasteiger partial charge in [-0.3, -0.25) is 43.2 Å². The van der Waals surface area contributed by atoms with E-state index < -0.39 is 22.9 Å². The lowest BCUT2D eigenvalue weighted by atomic mass is 9.85. The van der Waals surface area contributed by atoms with Gasteiger partial charge in [0, 0.05) is 99.6 Å².